The second kappa shape index (κ2) is 6.30. The second-order valence-corrected chi connectivity index (χ2v) is 6.63. The molecule has 3 rings (SSSR count). The summed E-state index contributed by atoms with van der Waals surface area (Å²) < 4.78 is 11.9. The normalized spacial score (nSPS) is 17.8. The zero-order valence-electron chi connectivity index (χ0n) is 11.7. The molecule has 1 aromatic heterocycles. The van der Waals surface area contributed by atoms with Gasteiger partial charge in [0.05, 0.1) is 16.1 Å². The van der Waals surface area contributed by atoms with Crippen LogP contribution in [0.15, 0.2) is 18.2 Å². The van der Waals surface area contributed by atoms with Crippen LogP contribution in [-0.4, -0.2) is 24.2 Å². The molecule has 1 aromatic carbocycles. The largest absolute Gasteiger partial charge is 0.455 e. The minimum atomic E-state index is -0.337. The Morgan fingerprint density at radius 3 is 3.00 bits per heavy atom. The summed E-state index contributed by atoms with van der Waals surface area (Å²) in [5, 5.41) is 1.46. The zero-order chi connectivity index (χ0) is 14.8. The third-order valence-corrected chi connectivity index (χ3v) is 4.99. The summed E-state index contributed by atoms with van der Waals surface area (Å²) in [4.78, 5) is 16.6. The van der Waals surface area contributed by atoms with Gasteiger partial charge in [0.25, 0.3) is 0 Å². The minimum Gasteiger partial charge on any atom is -0.455 e. The smallest absolute Gasteiger partial charge is 0.309 e. The minimum absolute atomic E-state index is 0.0509. The maximum Gasteiger partial charge on any atom is 0.309 e. The lowest BCUT2D eigenvalue weighted by Crippen LogP contribution is -2.26. The van der Waals surface area contributed by atoms with E-state index < -0.39 is 0 Å². The van der Waals surface area contributed by atoms with Crippen LogP contribution in [0.2, 0.25) is 5.02 Å². The second-order valence-electron chi connectivity index (χ2n) is 5.13. The first kappa shape index (κ1) is 14.8. The van der Waals surface area contributed by atoms with Gasteiger partial charge in [0.1, 0.15) is 5.01 Å². The summed E-state index contributed by atoms with van der Waals surface area (Å²) in [6, 6.07) is 5.60. The molecule has 0 N–H and O–H groups in total. The first-order valence-electron chi connectivity index (χ1n) is 6.97. The molecule has 0 bridgehead atoms. The van der Waals surface area contributed by atoms with Crippen molar-refractivity contribution in [3.8, 4) is 0 Å². The average Bonchev–Trinajstić information content (AvgIpc) is 2.91. The highest BCUT2D eigenvalue weighted by atomic mass is 35.5. The van der Waals surface area contributed by atoms with Crippen LogP contribution in [-0.2, 0) is 14.3 Å². The maximum absolute atomic E-state index is 12.1. The molecule has 1 atom stereocenters. The summed E-state index contributed by atoms with van der Waals surface area (Å²) in [6.45, 7) is 3.12. The van der Waals surface area contributed by atoms with Gasteiger partial charge in [-0.3, -0.25) is 4.79 Å². The Hall–Kier alpha value is -1.17. The lowest BCUT2D eigenvalue weighted by atomic mass is 10.0. The molecule has 0 spiro atoms. The van der Waals surface area contributed by atoms with Gasteiger partial charge in [-0.15, -0.1) is 11.3 Å². The molecule has 112 valence electrons. The van der Waals surface area contributed by atoms with E-state index in [4.69, 9.17) is 21.1 Å². The van der Waals surface area contributed by atoms with Crippen LogP contribution < -0.4 is 0 Å². The molecular formula is C15H16ClNO3S. The van der Waals surface area contributed by atoms with Gasteiger partial charge < -0.3 is 9.47 Å². The van der Waals surface area contributed by atoms with Crippen molar-refractivity contribution in [2.45, 2.75) is 25.9 Å². The molecule has 4 nitrogen and oxygen atoms in total. The molecule has 6 heteroatoms. The SMILES string of the molecule is C[C@H](OC(=O)C1CCOCC1)c1nc2cc(Cl)ccc2s1. The highest BCUT2D eigenvalue weighted by Crippen LogP contribution is 2.30. The predicted octanol–water partition coefficient (Wildman–Crippen LogP) is 3.98. The summed E-state index contributed by atoms with van der Waals surface area (Å²) in [5.41, 5.74) is 0.844. The monoisotopic (exact) mass is 325 g/mol. The fourth-order valence-electron chi connectivity index (χ4n) is 2.35. The van der Waals surface area contributed by atoms with Gasteiger partial charge in [-0.05, 0) is 38.0 Å². The van der Waals surface area contributed by atoms with E-state index in [9.17, 15) is 4.79 Å². The number of nitrogens with zero attached hydrogens (tertiary/aromatic N) is 1. The third kappa shape index (κ3) is 3.36. The van der Waals surface area contributed by atoms with Crippen molar-refractivity contribution in [2.75, 3.05) is 13.2 Å². The lowest BCUT2D eigenvalue weighted by molar-refractivity contribution is -0.156. The molecule has 2 aromatic rings. The Kier molecular flexibility index (Phi) is 4.42. The molecule has 1 fully saturated rings. The number of halogens is 1. The fourth-order valence-corrected chi connectivity index (χ4v) is 3.44. The Balaban J connectivity index is 1.71. The van der Waals surface area contributed by atoms with Crippen LogP contribution >= 0.6 is 22.9 Å². The van der Waals surface area contributed by atoms with Crippen LogP contribution in [0.5, 0.6) is 0 Å². The molecule has 1 saturated heterocycles. The number of thiazole rings is 1. The number of hydrogen-bond acceptors (Lipinski definition) is 5. The quantitative estimate of drug-likeness (QED) is 0.801. The zero-order valence-corrected chi connectivity index (χ0v) is 13.2. The van der Waals surface area contributed by atoms with Crippen LogP contribution in [0.4, 0.5) is 0 Å². The molecular weight excluding hydrogens is 310 g/mol. The van der Waals surface area contributed by atoms with E-state index >= 15 is 0 Å². The van der Waals surface area contributed by atoms with Crippen molar-refractivity contribution in [1.82, 2.24) is 4.98 Å². The molecule has 0 unspecified atom stereocenters. The van der Waals surface area contributed by atoms with Gasteiger partial charge in [-0.25, -0.2) is 4.98 Å². The molecule has 2 heterocycles. The van der Waals surface area contributed by atoms with Crippen molar-refractivity contribution >= 4 is 39.1 Å². The first-order chi connectivity index (χ1) is 10.1. The number of carbonyl (C=O) groups is 1. The highest BCUT2D eigenvalue weighted by Gasteiger charge is 2.25. The van der Waals surface area contributed by atoms with Gasteiger partial charge >= 0.3 is 5.97 Å². The molecule has 21 heavy (non-hydrogen) atoms. The van der Waals surface area contributed by atoms with Gasteiger partial charge in [0, 0.05) is 18.2 Å². The third-order valence-electron chi connectivity index (χ3n) is 3.56. The highest BCUT2D eigenvalue weighted by molar-refractivity contribution is 7.18. The van der Waals surface area contributed by atoms with E-state index in [-0.39, 0.29) is 18.0 Å². The van der Waals surface area contributed by atoms with E-state index in [0.29, 0.717) is 18.2 Å². The maximum atomic E-state index is 12.1. The van der Waals surface area contributed by atoms with Crippen molar-refractivity contribution in [3.05, 3.63) is 28.2 Å². The number of fused-ring (bicyclic) bond motifs is 1. The molecule has 1 aliphatic heterocycles. The van der Waals surface area contributed by atoms with Gasteiger partial charge in [-0.2, -0.15) is 0 Å². The lowest BCUT2D eigenvalue weighted by Gasteiger charge is -2.22. The van der Waals surface area contributed by atoms with Gasteiger partial charge in [0.15, 0.2) is 6.10 Å². The number of benzene rings is 1. The van der Waals surface area contributed by atoms with Crippen LogP contribution in [0.25, 0.3) is 10.2 Å². The van der Waals surface area contributed by atoms with Gasteiger partial charge in [-0.1, -0.05) is 11.6 Å². The van der Waals surface area contributed by atoms with Crippen molar-refractivity contribution < 1.29 is 14.3 Å². The standard InChI is InChI=1S/C15H16ClNO3S/c1-9(20-15(18)10-4-6-19-7-5-10)14-17-12-8-11(16)2-3-13(12)21-14/h2-3,8-10H,4-7H2,1H3/t9-/m0/s1. The summed E-state index contributed by atoms with van der Waals surface area (Å²) >= 11 is 7.49. The van der Waals surface area contributed by atoms with Crippen LogP contribution in [0, 0.1) is 5.92 Å². The topological polar surface area (TPSA) is 48.4 Å². The van der Waals surface area contributed by atoms with E-state index in [0.717, 1.165) is 28.1 Å². The van der Waals surface area contributed by atoms with Gasteiger partial charge in [0.2, 0.25) is 0 Å². The number of aromatic nitrogens is 1. The predicted molar refractivity (Wildman–Crippen MR) is 82.7 cm³/mol. The Labute approximate surface area is 132 Å². The van der Waals surface area contributed by atoms with E-state index in [1.54, 1.807) is 0 Å². The number of esters is 1. The van der Waals surface area contributed by atoms with Crippen molar-refractivity contribution in [3.63, 3.8) is 0 Å². The molecule has 0 saturated carbocycles. The van der Waals surface area contributed by atoms with Crippen LogP contribution in [0.1, 0.15) is 30.9 Å². The summed E-state index contributed by atoms with van der Waals surface area (Å²) in [7, 11) is 0. The van der Waals surface area contributed by atoms with E-state index in [2.05, 4.69) is 4.98 Å². The molecule has 0 amide bonds. The Morgan fingerprint density at radius 1 is 1.48 bits per heavy atom. The molecule has 1 aliphatic rings. The fraction of sp³-hybridized carbons (Fsp3) is 0.467. The Morgan fingerprint density at radius 2 is 2.24 bits per heavy atom. The number of ether oxygens (including phenoxy) is 2. The molecule has 0 aliphatic carbocycles. The number of rotatable bonds is 3. The summed E-state index contributed by atoms with van der Waals surface area (Å²) in [5.74, 6) is -0.201. The average molecular weight is 326 g/mol. The number of carbonyl (C=O) groups excluding carboxylic acids is 1. The van der Waals surface area contributed by atoms with E-state index in [1.807, 2.05) is 25.1 Å². The first-order valence-corrected chi connectivity index (χ1v) is 8.17. The van der Waals surface area contributed by atoms with E-state index in [1.165, 1.54) is 11.3 Å². The van der Waals surface area contributed by atoms with Crippen molar-refractivity contribution in [1.29, 1.82) is 0 Å². The van der Waals surface area contributed by atoms with Crippen molar-refractivity contribution in [2.24, 2.45) is 5.92 Å². The number of hydrogen-bond donors (Lipinski definition) is 0. The van der Waals surface area contributed by atoms with Crippen LogP contribution in [0.3, 0.4) is 0 Å². The molecule has 0 radical (unpaired) electrons. The Bertz CT molecular complexity index is 651. The summed E-state index contributed by atoms with van der Waals surface area (Å²) in [6.07, 6.45) is 1.14.